The van der Waals surface area contributed by atoms with Gasteiger partial charge in [-0.2, -0.15) is 5.10 Å². The Balaban J connectivity index is 2.77. The zero-order valence-electron chi connectivity index (χ0n) is 11.5. The Labute approximate surface area is 112 Å². The normalized spacial score (nSPS) is 12.4. The summed E-state index contributed by atoms with van der Waals surface area (Å²) in [7, 11) is -2.31. The summed E-state index contributed by atoms with van der Waals surface area (Å²) in [6.45, 7) is 5.89. The van der Waals surface area contributed by atoms with Crippen LogP contribution in [0.25, 0.3) is 0 Å². The van der Waals surface area contributed by atoms with Crippen molar-refractivity contribution in [1.29, 1.82) is 0 Å². The molecule has 0 atom stereocenters. The molecule has 0 spiro atoms. The van der Waals surface area contributed by atoms with Gasteiger partial charge in [-0.15, -0.1) is 0 Å². The third-order valence-corrected chi connectivity index (χ3v) is 3.62. The lowest BCUT2D eigenvalue weighted by Crippen LogP contribution is -2.34. The Bertz CT molecular complexity index is 543. The van der Waals surface area contributed by atoms with Crippen molar-refractivity contribution in [3.8, 4) is 0 Å². The van der Waals surface area contributed by atoms with E-state index in [0.717, 1.165) is 5.69 Å². The van der Waals surface area contributed by atoms with Crippen molar-refractivity contribution in [2.45, 2.75) is 26.2 Å². The third-order valence-electron chi connectivity index (χ3n) is 2.42. The van der Waals surface area contributed by atoms with E-state index in [0.29, 0.717) is 0 Å². The zero-order chi connectivity index (χ0) is 14.7. The average Bonchev–Trinajstić information content (AvgIpc) is 2.74. The van der Waals surface area contributed by atoms with Crippen LogP contribution in [0.15, 0.2) is 6.07 Å². The zero-order valence-corrected chi connectivity index (χ0v) is 12.3. The lowest BCUT2D eigenvalue weighted by atomic mass is 9.92. The Morgan fingerprint density at radius 3 is 2.58 bits per heavy atom. The molecule has 0 saturated carbocycles. The molecule has 0 aliphatic rings. The summed E-state index contributed by atoms with van der Waals surface area (Å²) in [6, 6.07) is 1.54. The number of aromatic nitrogens is 2. The second-order valence-corrected chi connectivity index (χ2v) is 7.00. The number of sulfonamides is 1. The molecule has 0 fully saturated rings. The summed E-state index contributed by atoms with van der Waals surface area (Å²) in [4.78, 5) is 11.8. The van der Waals surface area contributed by atoms with Gasteiger partial charge in [-0.1, -0.05) is 20.8 Å². The molecular weight excluding hydrogens is 270 g/mol. The van der Waals surface area contributed by atoms with Crippen molar-refractivity contribution in [3.05, 3.63) is 17.5 Å². The van der Waals surface area contributed by atoms with Gasteiger partial charge in [-0.05, 0) is 6.07 Å². The minimum Gasteiger partial charge on any atom is -0.384 e. The van der Waals surface area contributed by atoms with Gasteiger partial charge in [0.25, 0.3) is 5.91 Å². The van der Waals surface area contributed by atoms with Crippen LogP contribution in [-0.4, -0.2) is 44.0 Å². The number of nitrogens with one attached hydrogen (secondary N) is 2. The number of carbonyl (C=O) groups is 1. The quantitative estimate of drug-likeness (QED) is 0.817. The van der Waals surface area contributed by atoms with Crippen molar-refractivity contribution < 1.29 is 17.9 Å². The summed E-state index contributed by atoms with van der Waals surface area (Å²) in [6.07, 6.45) is 0. The maximum absolute atomic E-state index is 11.8. The Kier molecular flexibility index (Phi) is 4.70. The summed E-state index contributed by atoms with van der Waals surface area (Å²) in [5, 5.41) is 6.54. The van der Waals surface area contributed by atoms with Crippen molar-refractivity contribution in [2.75, 3.05) is 19.5 Å². The molecule has 0 aliphatic carbocycles. The fourth-order valence-electron chi connectivity index (χ4n) is 1.26. The number of hydrogen-bond donors (Lipinski definition) is 2. The van der Waals surface area contributed by atoms with E-state index in [1.54, 1.807) is 6.07 Å². The minimum atomic E-state index is -3.70. The molecule has 0 aromatic carbocycles. The fraction of sp³-hybridized carbons (Fsp3) is 0.636. The van der Waals surface area contributed by atoms with Crippen LogP contribution >= 0.6 is 0 Å². The fourth-order valence-corrected chi connectivity index (χ4v) is 2.14. The molecule has 0 radical (unpaired) electrons. The van der Waals surface area contributed by atoms with E-state index >= 15 is 0 Å². The lowest BCUT2D eigenvalue weighted by molar-refractivity contribution is 0.0976. The van der Waals surface area contributed by atoms with Crippen molar-refractivity contribution in [3.63, 3.8) is 0 Å². The predicted octanol–water partition coefficient (Wildman–Crippen LogP) is 0.413. The largest absolute Gasteiger partial charge is 0.384 e. The van der Waals surface area contributed by atoms with E-state index in [4.69, 9.17) is 0 Å². The molecule has 108 valence electrons. The molecule has 0 aliphatic heterocycles. The summed E-state index contributed by atoms with van der Waals surface area (Å²) < 4.78 is 29.7. The number of H-pyrrole nitrogens is 1. The topological polar surface area (TPSA) is 101 Å². The number of rotatable bonds is 5. The van der Waals surface area contributed by atoms with Crippen LogP contribution in [0.3, 0.4) is 0 Å². The average molecular weight is 289 g/mol. The van der Waals surface area contributed by atoms with Gasteiger partial charge in [0.2, 0.25) is 10.0 Å². The molecule has 7 nitrogen and oxygen atoms in total. The van der Waals surface area contributed by atoms with Gasteiger partial charge in [0.15, 0.2) is 5.69 Å². The monoisotopic (exact) mass is 289 g/mol. The number of methoxy groups -OCH3 is 1. The van der Waals surface area contributed by atoms with Crippen LogP contribution in [0, 0.1) is 0 Å². The minimum absolute atomic E-state index is 0.0242. The number of hydrogen-bond acceptors (Lipinski definition) is 5. The second-order valence-electron chi connectivity index (χ2n) is 5.16. The Hall–Kier alpha value is -1.41. The molecular formula is C11H19N3O4S. The van der Waals surface area contributed by atoms with E-state index in [-0.39, 0.29) is 23.5 Å². The first-order valence-electron chi connectivity index (χ1n) is 5.75. The van der Waals surface area contributed by atoms with Crippen LogP contribution in [0.2, 0.25) is 0 Å². The summed E-state index contributed by atoms with van der Waals surface area (Å²) in [5.74, 6) is -1.02. The van der Waals surface area contributed by atoms with Crippen LogP contribution < -0.4 is 4.72 Å². The molecule has 19 heavy (non-hydrogen) atoms. The van der Waals surface area contributed by atoms with Gasteiger partial charge >= 0.3 is 0 Å². The molecule has 1 aromatic heterocycles. The summed E-state index contributed by atoms with van der Waals surface area (Å²) in [5.41, 5.74) is 0.610. The Morgan fingerprint density at radius 2 is 2.11 bits per heavy atom. The number of nitrogens with zero attached hydrogens (tertiary/aromatic N) is 1. The molecule has 1 rings (SSSR count). The van der Waals surface area contributed by atoms with Crippen LogP contribution in [-0.2, 0) is 20.2 Å². The molecule has 0 unspecified atom stereocenters. The van der Waals surface area contributed by atoms with Crippen molar-refractivity contribution >= 4 is 15.9 Å². The second kappa shape index (κ2) is 5.70. The highest BCUT2D eigenvalue weighted by Crippen LogP contribution is 2.20. The van der Waals surface area contributed by atoms with E-state index in [2.05, 4.69) is 14.9 Å². The highest BCUT2D eigenvalue weighted by atomic mass is 32.2. The van der Waals surface area contributed by atoms with E-state index < -0.39 is 15.9 Å². The number of carbonyl (C=O) groups excluding carboxylic acids is 1. The SMILES string of the molecule is COCCS(=O)(=O)NC(=O)c1cc(C(C)(C)C)[nH]n1. The van der Waals surface area contributed by atoms with Gasteiger partial charge in [0.05, 0.1) is 12.4 Å². The highest BCUT2D eigenvalue weighted by molar-refractivity contribution is 7.90. The molecule has 1 amide bonds. The van der Waals surface area contributed by atoms with E-state index in [1.807, 2.05) is 25.5 Å². The van der Waals surface area contributed by atoms with E-state index in [1.165, 1.54) is 7.11 Å². The van der Waals surface area contributed by atoms with Crippen molar-refractivity contribution in [1.82, 2.24) is 14.9 Å². The first-order chi connectivity index (χ1) is 8.65. The maximum Gasteiger partial charge on any atom is 0.285 e. The first-order valence-corrected chi connectivity index (χ1v) is 7.40. The Morgan fingerprint density at radius 1 is 1.47 bits per heavy atom. The smallest absolute Gasteiger partial charge is 0.285 e. The molecule has 1 aromatic rings. The van der Waals surface area contributed by atoms with E-state index in [9.17, 15) is 13.2 Å². The van der Waals surface area contributed by atoms with Crippen molar-refractivity contribution in [2.24, 2.45) is 0 Å². The first kappa shape index (κ1) is 15.6. The predicted molar refractivity (Wildman–Crippen MR) is 70.4 cm³/mol. The summed E-state index contributed by atoms with van der Waals surface area (Å²) >= 11 is 0. The maximum atomic E-state index is 11.8. The molecule has 2 N–H and O–H groups in total. The molecule has 1 heterocycles. The van der Waals surface area contributed by atoms with Crippen LogP contribution in [0.4, 0.5) is 0 Å². The highest BCUT2D eigenvalue weighted by Gasteiger charge is 2.22. The lowest BCUT2D eigenvalue weighted by Gasteiger charge is -2.14. The van der Waals surface area contributed by atoms with Gasteiger partial charge < -0.3 is 4.74 Å². The van der Waals surface area contributed by atoms with Crippen LogP contribution in [0.1, 0.15) is 37.0 Å². The number of aromatic amines is 1. The molecule has 0 saturated heterocycles. The standard InChI is InChI=1S/C11H19N3O4S/c1-11(2,3)9-7-8(12-13-9)10(15)14-19(16,17)6-5-18-4/h7H,5-6H2,1-4H3,(H,12,13)(H,14,15). The molecule has 0 bridgehead atoms. The third kappa shape index (κ3) is 4.64. The van der Waals surface area contributed by atoms with Gasteiger partial charge in [-0.25, -0.2) is 13.1 Å². The number of amides is 1. The van der Waals surface area contributed by atoms with Gasteiger partial charge in [0, 0.05) is 18.2 Å². The number of ether oxygens (including phenoxy) is 1. The molecule has 8 heteroatoms. The van der Waals surface area contributed by atoms with Gasteiger partial charge in [-0.3, -0.25) is 9.89 Å². The van der Waals surface area contributed by atoms with Gasteiger partial charge in [0.1, 0.15) is 0 Å². The van der Waals surface area contributed by atoms with Crippen LogP contribution in [0.5, 0.6) is 0 Å².